The van der Waals surface area contributed by atoms with Crippen LogP contribution in [0.3, 0.4) is 0 Å². The van der Waals surface area contributed by atoms with E-state index in [1.807, 2.05) is 31.2 Å². The number of aliphatic hydroxyl groups excluding tert-OH is 1. The summed E-state index contributed by atoms with van der Waals surface area (Å²) in [6.07, 6.45) is 15.8. The highest BCUT2D eigenvalue weighted by Gasteiger charge is 2.67. The van der Waals surface area contributed by atoms with Gasteiger partial charge in [0.2, 0.25) is 5.78 Å². The zero-order valence-corrected chi connectivity index (χ0v) is 29.5. The van der Waals surface area contributed by atoms with Crippen molar-refractivity contribution in [1.29, 1.82) is 0 Å². The summed E-state index contributed by atoms with van der Waals surface area (Å²) < 4.78 is 16.4. The van der Waals surface area contributed by atoms with Crippen molar-refractivity contribution in [1.82, 2.24) is 0 Å². The Kier molecular flexibility index (Phi) is 8.45. The van der Waals surface area contributed by atoms with Crippen LogP contribution in [0.1, 0.15) is 92.1 Å². The lowest BCUT2D eigenvalue weighted by molar-refractivity contribution is -0.182. The van der Waals surface area contributed by atoms with Gasteiger partial charge in [0.25, 0.3) is 0 Å². The Morgan fingerprint density at radius 1 is 0.938 bits per heavy atom. The molecular formula is C41H50O7. The van der Waals surface area contributed by atoms with E-state index < -0.39 is 11.4 Å². The Hall–Kier alpha value is -3.87. The van der Waals surface area contributed by atoms with Gasteiger partial charge in [0.05, 0.1) is 12.5 Å². The average Bonchev–Trinajstić information content (AvgIpc) is 3.07. The second kappa shape index (κ2) is 11.9. The summed E-state index contributed by atoms with van der Waals surface area (Å²) in [6.45, 7) is 14.0. The lowest BCUT2D eigenvalue weighted by atomic mass is 9.34. The Bertz CT molecular complexity index is 1690. The van der Waals surface area contributed by atoms with Gasteiger partial charge in [-0.05, 0) is 122 Å². The van der Waals surface area contributed by atoms with Crippen LogP contribution in [0.25, 0.3) is 6.08 Å². The van der Waals surface area contributed by atoms with Crippen molar-refractivity contribution < 1.29 is 33.7 Å². The second-order valence-electron chi connectivity index (χ2n) is 16.0. The molecule has 256 valence electrons. The molecule has 0 heterocycles. The largest absolute Gasteiger partial charge is 0.504 e. The molecule has 0 spiro atoms. The second-order valence-corrected chi connectivity index (χ2v) is 16.0. The number of esters is 2. The Balaban J connectivity index is 1.16. The van der Waals surface area contributed by atoms with Crippen LogP contribution in [0.4, 0.5) is 0 Å². The minimum atomic E-state index is -0.578. The van der Waals surface area contributed by atoms with Crippen molar-refractivity contribution in [3.8, 4) is 5.75 Å². The molecule has 5 aliphatic rings. The molecule has 0 unspecified atom stereocenters. The molecule has 7 nitrogen and oxygen atoms in total. The van der Waals surface area contributed by atoms with Crippen molar-refractivity contribution >= 4 is 23.8 Å². The highest BCUT2D eigenvalue weighted by atomic mass is 16.6. The number of hydrogen-bond donors (Lipinski definition) is 1. The summed E-state index contributed by atoms with van der Waals surface area (Å²) in [7, 11) is 1.34. The van der Waals surface area contributed by atoms with E-state index in [0.29, 0.717) is 17.2 Å². The number of ketones is 1. The molecule has 0 amide bonds. The van der Waals surface area contributed by atoms with Gasteiger partial charge in [0.15, 0.2) is 5.76 Å². The fourth-order valence-electron chi connectivity index (χ4n) is 10.0. The Labute approximate surface area is 284 Å². The highest BCUT2D eigenvalue weighted by molar-refractivity contribution is 6.06. The maximum Gasteiger partial charge on any atom is 0.330 e. The Morgan fingerprint density at radius 3 is 2.35 bits per heavy atom. The molecule has 6 rings (SSSR count). The maximum absolute atomic E-state index is 13.8. The van der Waals surface area contributed by atoms with E-state index in [4.69, 9.17) is 9.47 Å². The van der Waals surface area contributed by atoms with E-state index in [9.17, 15) is 19.5 Å². The zero-order valence-electron chi connectivity index (χ0n) is 29.5. The first-order valence-corrected chi connectivity index (χ1v) is 17.4. The number of ether oxygens (including phenoxy) is 3. The SMILES string of the molecule is COC(=O)/C=C/c1ccc(OCCOC(=O)[C@]2(C)CC[C@]3(C)CC[C@]4(C)C5=CC=C6C(=CC(=O)C(O)=C6C)[C@]5(C)CC[C@@]4(C)[C@@H]3C2)cc1. The molecule has 0 radical (unpaired) electrons. The molecule has 1 aromatic carbocycles. The third-order valence-corrected chi connectivity index (χ3v) is 13.4. The third kappa shape index (κ3) is 5.28. The van der Waals surface area contributed by atoms with E-state index in [-0.39, 0.29) is 52.4 Å². The molecule has 7 heteroatoms. The van der Waals surface area contributed by atoms with E-state index in [0.717, 1.165) is 61.7 Å². The maximum atomic E-state index is 13.8. The van der Waals surface area contributed by atoms with Crippen molar-refractivity contribution in [3.05, 3.63) is 82.2 Å². The predicted octanol–water partition coefficient (Wildman–Crippen LogP) is 8.42. The van der Waals surface area contributed by atoms with Crippen LogP contribution in [-0.2, 0) is 23.9 Å². The molecule has 1 N–H and O–H groups in total. The minimum absolute atomic E-state index is 0.0355. The topological polar surface area (TPSA) is 99.1 Å². The van der Waals surface area contributed by atoms with Crippen molar-refractivity contribution in [2.75, 3.05) is 20.3 Å². The van der Waals surface area contributed by atoms with Crippen molar-refractivity contribution in [2.45, 2.75) is 86.5 Å². The Morgan fingerprint density at radius 2 is 1.65 bits per heavy atom. The fourth-order valence-corrected chi connectivity index (χ4v) is 10.0. The van der Waals surface area contributed by atoms with E-state index in [2.05, 4.69) is 51.5 Å². The molecule has 0 saturated heterocycles. The molecule has 0 bridgehead atoms. The van der Waals surface area contributed by atoms with Crippen LogP contribution >= 0.6 is 0 Å². The monoisotopic (exact) mass is 654 g/mol. The fraction of sp³-hybridized carbons (Fsp3) is 0.537. The minimum Gasteiger partial charge on any atom is -0.504 e. The van der Waals surface area contributed by atoms with Crippen LogP contribution in [0.5, 0.6) is 5.75 Å². The van der Waals surface area contributed by atoms with E-state index in [1.165, 1.54) is 18.8 Å². The van der Waals surface area contributed by atoms with E-state index >= 15 is 0 Å². The number of benzene rings is 1. The summed E-state index contributed by atoms with van der Waals surface area (Å²) >= 11 is 0. The van der Waals surface area contributed by atoms with Gasteiger partial charge < -0.3 is 19.3 Å². The molecule has 1 aromatic rings. The van der Waals surface area contributed by atoms with Gasteiger partial charge in [-0.2, -0.15) is 0 Å². The van der Waals surface area contributed by atoms with Gasteiger partial charge >= 0.3 is 11.9 Å². The quantitative estimate of drug-likeness (QED) is 0.179. The molecule has 5 aliphatic carbocycles. The number of methoxy groups -OCH3 is 1. The summed E-state index contributed by atoms with van der Waals surface area (Å²) in [5.41, 5.74) is 4.08. The van der Waals surface area contributed by atoms with Crippen LogP contribution < -0.4 is 4.74 Å². The van der Waals surface area contributed by atoms with Crippen molar-refractivity contribution in [2.24, 2.45) is 33.0 Å². The zero-order chi connectivity index (χ0) is 34.7. The van der Waals surface area contributed by atoms with Gasteiger partial charge in [-0.25, -0.2) is 4.79 Å². The van der Waals surface area contributed by atoms with Crippen LogP contribution in [0, 0.1) is 33.0 Å². The number of aliphatic hydroxyl groups is 1. The lowest BCUT2D eigenvalue weighted by Crippen LogP contribution is -2.62. The van der Waals surface area contributed by atoms with Crippen LogP contribution in [0.15, 0.2) is 76.6 Å². The first-order chi connectivity index (χ1) is 22.6. The normalized spacial score (nSPS) is 35.7. The molecular weight excluding hydrogens is 604 g/mol. The summed E-state index contributed by atoms with van der Waals surface area (Å²) in [5, 5.41) is 10.4. The first-order valence-electron chi connectivity index (χ1n) is 17.4. The van der Waals surface area contributed by atoms with Gasteiger partial charge in [0.1, 0.15) is 19.0 Å². The number of rotatable bonds is 7. The number of fused-ring (bicyclic) bond motifs is 7. The average molecular weight is 655 g/mol. The summed E-state index contributed by atoms with van der Waals surface area (Å²) in [5.74, 6) is -0.00911. The molecule has 3 fully saturated rings. The van der Waals surface area contributed by atoms with Crippen LogP contribution in [-0.4, -0.2) is 43.2 Å². The number of carbonyl (C=O) groups is 3. The number of hydrogen-bond acceptors (Lipinski definition) is 7. The first kappa shape index (κ1) is 34.0. The standard InChI is InChI=1S/C41H50O7/c1-26-29-13-14-32-39(4,30(29)24-31(42)35(26)44)19-21-41(6)33-25-38(3,17-16-37(33,2)18-20-40(32,41)5)36(45)48-23-22-47-28-11-8-27(9-12-28)10-15-34(43)46-7/h8-15,24,33,44H,16-23,25H2,1-7H3/b15-10+/t33-,37-,38-,39+,40-,41+/m1/s1. The van der Waals surface area contributed by atoms with Gasteiger partial charge in [0, 0.05) is 17.1 Å². The molecule has 0 aliphatic heterocycles. The molecule has 48 heavy (non-hydrogen) atoms. The van der Waals surface area contributed by atoms with Crippen molar-refractivity contribution in [3.63, 3.8) is 0 Å². The predicted molar refractivity (Wildman–Crippen MR) is 185 cm³/mol. The van der Waals surface area contributed by atoms with Gasteiger partial charge in [-0.15, -0.1) is 0 Å². The molecule has 3 saturated carbocycles. The summed E-state index contributed by atoms with van der Waals surface area (Å²) in [6, 6.07) is 7.34. The molecule has 6 atom stereocenters. The number of carbonyl (C=O) groups excluding carboxylic acids is 3. The van der Waals surface area contributed by atoms with Gasteiger partial charge in [-0.1, -0.05) is 57.6 Å². The lowest BCUT2D eigenvalue weighted by Gasteiger charge is -2.70. The summed E-state index contributed by atoms with van der Waals surface area (Å²) in [4.78, 5) is 37.9. The number of allylic oxidation sites excluding steroid dienone is 7. The van der Waals surface area contributed by atoms with Crippen LogP contribution in [0.2, 0.25) is 0 Å². The highest BCUT2D eigenvalue weighted by Crippen LogP contribution is 2.75. The third-order valence-electron chi connectivity index (χ3n) is 13.4. The van der Waals surface area contributed by atoms with Gasteiger partial charge in [-0.3, -0.25) is 9.59 Å². The smallest absolute Gasteiger partial charge is 0.330 e. The molecule has 0 aromatic heterocycles. The van der Waals surface area contributed by atoms with E-state index in [1.54, 1.807) is 12.2 Å².